The predicted molar refractivity (Wildman–Crippen MR) is 86.9 cm³/mol. The van der Waals surface area contributed by atoms with Crippen LogP contribution in [0.1, 0.15) is 47.6 Å². The summed E-state index contributed by atoms with van der Waals surface area (Å²) in [6, 6.07) is 14.3. The van der Waals surface area contributed by atoms with Gasteiger partial charge in [0.15, 0.2) is 0 Å². The van der Waals surface area contributed by atoms with Gasteiger partial charge in [-0.15, -0.1) is 0 Å². The Balaban J connectivity index is 2.21. The van der Waals surface area contributed by atoms with Crippen molar-refractivity contribution in [2.24, 2.45) is 0 Å². The number of ether oxygens (including phenoxy) is 1. The van der Waals surface area contributed by atoms with Crippen LogP contribution >= 0.6 is 0 Å². The third kappa shape index (κ3) is 3.45. The van der Waals surface area contributed by atoms with E-state index in [9.17, 15) is 5.11 Å². The van der Waals surface area contributed by atoms with Gasteiger partial charge in [0.1, 0.15) is 5.75 Å². The fourth-order valence-corrected chi connectivity index (χ4v) is 2.72. The number of hydrogen-bond donors (Lipinski definition) is 1. The predicted octanol–water partition coefficient (Wildman–Crippen LogP) is 4.54. The average Bonchev–Trinajstić information content (AvgIpc) is 2.50. The Bertz CT molecular complexity index is 590. The van der Waals surface area contributed by atoms with Gasteiger partial charge in [0.25, 0.3) is 0 Å². The van der Waals surface area contributed by atoms with E-state index in [0.29, 0.717) is 12.3 Å². The second kappa shape index (κ2) is 6.77. The van der Waals surface area contributed by atoms with Gasteiger partial charge >= 0.3 is 0 Å². The Morgan fingerprint density at radius 3 is 2.33 bits per heavy atom. The lowest BCUT2D eigenvalue weighted by atomic mass is 9.90. The molecule has 0 aliphatic carbocycles. The fraction of sp³-hybridized carbons (Fsp3) is 0.368. The molecule has 0 fully saturated rings. The topological polar surface area (TPSA) is 29.5 Å². The van der Waals surface area contributed by atoms with Crippen LogP contribution in [0.3, 0.4) is 0 Å². The molecule has 2 rings (SSSR count). The first-order chi connectivity index (χ1) is 10.0. The molecule has 2 aromatic rings. The molecule has 0 aliphatic heterocycles. The van der Waals surface area contributed by atoms with Crippen molar-refractivity contribution in [1.29, 1.82) is 0 Å². The quantitative estimate of drug-likeness (QED) is 0.873. The lowest BCUT2D eigenvalue weighted by Crippen LogP contribution is -2.07. The van der Waals surface area contributed by atoms with E-state index in [2.05, 4.69) is 26.0 Å². The highest BCUT2D eigenvalue weighted by molar-refractivity contribution is 5.46. The maximum Gasteiger partial charge on any atom is 0.127 e. The van der Waals surface area contributed by atoms with Crippen LogP contribution in [0.2, 0.25) is 0 Å². The summed E-state index contributed by atoms with van der Waals surface area (Å²) in [4.78, 5) is 0. The summed E-state index contributed by atoms with van der Waals surface area (Å²) >= 11 is 0. The zero-order chi connectivity index (χ0) is 15.4. The molecular formula is C19H24O2. The lowest BCUT2D eigenvalue weighted by Gasteiger charge is -2.21. The molecule has 2 nitrogen and oxygen atoms in total. The zero-order valence-electron chi connectivity index (χ0n) is 13.3. The van der Waals surface area contributed by atoms with E-state index in [0.717, 1.165) is 16.9 Å². The minimum Gasteiger partial charge on any atom is -0.496 e. The van der Waals surface area contributed by atoms with Crippen molar-refractivity contribution in [2.45, 2.75) is 39.2 Å². The van der Waals surface area contributed by atoms with Crippen LogP contribution in [0.15, 0.2) is 42.5 Å². The van der Waals surface area contributed by atoms with Crippen LogP contribution in [-0.4, -0.2) is 12.2 Å². The molecule has 2 unspecified atom stereocenters. The number of hydrogen-bond acceptors (Lipinski definition) is 2. The molecule has 0 bridgehead atoms. The van der Waals surface area contributed by atoms with Crippen LogP contribution in [-0.2, 0) is 0 Å². The first kappa shape index (κ1) is 15.6. The molecule has 0 spiro atoms. The smallest absolute Gasteiger partial charge is 0.127 e. The number of aliphatic hydroxyl groups excluding tert-OH is 1. The summed E-state index contributed by atoms with van der Waals surface area (Å²) in [5.74, 6) is 1.11. The van der Waals surface area contributed by atoms with Crippen LogP contribution in [0, 0.1) is 13.8 Å². The fourth-order valence-electron chi connectivity index (χ4n) is 2.72. The van der Waals surface area contributed by atoms with Gasteiger partial charge in [0, 0.05) is 5.56 Å². The zero-order valence-corrected chi connectivity index (χ0v) is 13.3. The third-order valence-electron chi connectivity index (χ3n) is 4.22. The summed E-state index contributed by atoms with van der Waals surface area (Å²) in [5.41, 5.74) is 4.41. The van der Waals surface area contributed by atoms with Crippen molar-refractivity contribution in [2.75, 3.05) is 7.11 Å². The number of aryl methyl sites for hydroxylation is 1. The number of aliphatic hydroxyl groups is 1. The Morgan fingerprint density at radius 2 is 1.71 bits per heavy atom. The molecule has 0 heterocycles. The molecule has 0 radical (unpaired) electrons. The van der Waals surface area contributed by atoms with Gasteiger partial charge in [-0.1, -0.05) is 49.4 Å². The summed E-state index contributed by atoms with van der Waals surface area (Å²) in [6.45, 7) is 6.23. The molecular weight excluding hydrogens is 260 g/mol. The molecule has 2 heteroatoms. The van der Waals surface area contributed by atoms with Gasteiger partial charge in [-0.3, -0.25) is 0 Å². The van der Waals surface area contributed by atoms with Crippen molar-refractivity contribution < 1.29 is 9.84 Å². The van der Waals surface area contributed by atoms with E-state index in [1.165, 1.54) is 11.1 Å². The maximum absolute atomic E-state index is 10.6. The van der Waals surface area contributed by atoms with Crippen molar-refractivity contribution in [3.63, 3.8) is 0 Å². The Labute approximate surface area is 127 Å². The monoisotopic (exact) mass is 284 g/mol. The molecule has 0 aromatic heterocycles. The number of rotatable bonds is 5. The van der Waals surface area contributed by atoms with Gasteiger partial charge < -0.3 is 9.84 Å². The van der Waals surface area contributed by atoms with Gasteiger partial charge in [-0.05, 0) is 42.9 Å². The van der Waals surface area contributed by atoms with Crippen LogP contribution in [0.4, 0.5) is 0 Å². The van der Waals surface area contributed by atoms with Gasteiger partial charge in [-0.2, -0.15) is 0 Å². The molecule has 0 aliphatic rings. The minimum atomic E-state index is -0.519. The minimum absolute atomic E-state index is 0.299. The summed E-state index contributed by atoms with van der Waals surface area (Å²) < 4.78 is 5.51. The van der Waals surface area contributed by atoms with Crippen molar-refractivity contribution >= 4 is 0 Å². The maximum atomic E-state index is 10.6. The number of methoxy groups -OCH3 is 1. The number of benzene rings is 2. The van der Waals surface area contributed by atoms with Crippen molar-refractivity contribution in [3.8, 4) is 5.75 Å². The van der Waals surface area contributed by atoms with Crippen LogP contribution in [0.5, 0.6) is 5.75 Å². The van der Waals surface area contributed by atoms with Crippen LogP contribution in [0.25, 0.3) is 0 Å². The lowest BCUT2D eigenvalue weighted by molar-refractivity contribution is 0.155. The van der Waals surface area contributed by atoms with E-state index < -0.39 is 6.10 Å². The van der Waals surface area contributed by atoms with Gasteiger partial charge in [0.05, 0.1) is 13.2 Å². The first-order valence-corrected chi connectivity index (χ1v) is 7.41. The highest BCUT2D eigenvalue weighted by Crippen LogP contribution is 2.35. The molecule has 1 N–H and O–H groups in total. The summed E-state index contributed by atoms with van der Waals surface area (Å²) in [7, 11) is 1.67. The Kier molecular flexibility index (Phi) is 5.03. The normalized spacial score (nSPS) is 13.8. The molecule has 2 atom stereocenters. The highest BCUT2D eigenvalue weighted by atomic mass is 16.5. The van der Waals surface area contributed by atoms with Gasteiger partial charge in [0.2, 0.25) is 0 Å². The molecule has 0 saturated carbocycles. The standard InChI is InChI=1S/C19H24O2/c1-13-10-11-17(19(21-4)15(13)3)18(20)12-14(2)16-8-6-5-7-9-16/h5-11,14,18,20H,12H2,1-4H3. The molecule has 0 amide bonds. The Morgan fingerprint density at radius 1 is 1.05 bits per heavy atom. The second-order valence-electron chi connectivity index (χ2n) is 5.69. The van der Waals surface area contributed by atoms with Gasteiger partial charge in [-0.25, -0.2) is 0 Å². The summed E-state index contributed by atoms with van der Waals surface area (Å²) in [5, 5.41) is 10.6. The van der Waals surface area contributed by atoms with E-state index in [1.807, 2.05) is 37.3 Å². The molecule has 112 valence electrons. The summed E-state index contributed by atoms with van der Waals surface area (Å²) in [6.07, 6.45) is 0.164. The van der Waals surface area contributed by atoms with E-state index >= 15 is 0 Å². The van der Waals surface area contributed by atoms with E-state index in [-0.39, 0.29) is 0 Å². The molecule has 21 heavy (non-hydrogen) atoms. The molecule has 2 aromatic carbocycles. The first-order valence-electron chi connectivity index (χ1n) is 7.41. The third-order valence-corrected chi connectivity index (χ3v) is 4.22. The van der Waals surface area contributed by atoms with Crippen molar-refractivity contribution in [3.05, 3.63) is 64.7 Å². The SMILES string of the molecule is COc1c(C(O)CC(C)c2ccccc2)ccc(C)c1C. The van der Waals surface area contributed by atoms with E-state index in [1.54, 1.807) is 7.11 Å². The van der Waals surface area contributed by atoms with Crippen molar-refractivity contribution in [1.82, 2.24) is 0 Å². The highest BCUT2D eigenvalue weighted by Gasteiger charge is 2.19. The van der Waals surface area contributed by atoms with Crippen LogP contribution < -0.4 is 4.74 Å². The Hall–Kier alpha value is -1.80. The average molecular weight is 284 g/mol. The van der Waals surface area contributed by atoms with E-state index in [4.69, 9.17) is 4.74 Å². The molecule has 0 saturated heterocycles. The largest absolute Gasteiger partial charge is 0.496 e. The second-order valence-corrected chi connectivity index (χ2v) is 5.69.